The molecule has 0 radical (unpaired) electrons. The van der Waals surface area contributed by atoms with Crippen molar-refractivity contribution in [2.45, 2.75) is 46.3 Å². The van der Waals surface area contributed by atoms with Crippen LogP contribution in [0.25, 0.3) is 11.0 Å². The zero-order valence-corrected chi connectivity index (χ0v) is 16.7. The van der Waals surface area contributed by atoms with Gasteiger partial charge in [0.2, 0.25) is 5.95 Å². The molecule has 3 rings (SSSR count). The fraction of sp³-hybridized carbons (Fsp3) is 0.421. The van der Waals surface area contributed by atoms with E-state index in [1.54, 1.807) is 20.2 Å². The zero-order chi connectivity index (χ0) is 19.7. The van der Waals surface area contributed by atoms with Crippen molar-refractivity contribution < 1.29 is 9.84 Å². The molecular weight excluding hydrogens is 366 g/mol. The Morgan fingerprint density at radius 2 is 2.07 bits per heavy atom. The first kappa shape index (κ1) is 19.4. The van der Waals surface area contributed by atoms with Crippen LogP contribution in [0.1, 0.15) is 35.7 Å². The number of ether oxygens (including phenoxy) is 1. The molecule has 0 amide bonds. The summed E-state index contributed by atoms with van der Waals surface area (Å²) in [5.74, 6) is 0.957. The molecule has 3 aromatic rings. The Kier molecular flexibility index (Phi) is 5.53. The van der Waals surface area contributed by atoms with E-state index in [4.69, 9.17) is 22.1 Å². The Labute approximate surface area is 163 Å². The Morgan fingerprint density at radius 1 is 1.33 bits per heavy atom. The van der Waals surface area contributed by atoms with Gasteiger partial charge in [0.15, 0.2) is 0 Å². The van der Waals surface area contributed by atoms with Crippen LogP contribution in [0.4, 0.5) is 5.95 Å². The second-order valence-corrected chi connectivity index (χ2v) is 7.15. The fourth-order valence-corrected chi connectivity index (χ4v) is 3.59. The highest BCUT2D eigenvalue weighted by atomic mass is 35.5. The van der Waals surface area contributed by atoms with Crippen LogP contribution in [0.5, 0.6) is 5.75 Å². The lowest BCUT2D eigenvalue weighted by atomic mass is 10.1. The van der Waals surface area contributed by atoms with Crippen LogP contribution in [-0.2, 0) is 13.0 Å². The number of hydrogen-bond acceptors (Lipinski definition) is 6. The minimum absolute atomic E-state index is 0.125. The second-order valence-electron chi connectivity index (χ2n) is 6.79. The van der Waals surface area contributed by atoms with Crippen LogP contribution in [0.3, 0.4) is 0 Å². The van der Waals surface area contributed by atoms with Gasteiger partial charge in [0, 0.05) is 23.5 Å². The molecule has 0 aliphatic carbocycles. The van der Waals surface area contributed by atoms with Crippen molar-refractivity contribution in [2.24, 2.45) is 0 Å². The molecule has 0 aliphatic heterocycles. The molecule has 0 bridgehead atoms. The van der Waals surface area contributed by atoms with E-state index >= 15 is 0 Å². The maximum atomic E-state index is 9.65. The smallest absolute Gasteiger partial charge is 0.223 e. The number of nitrogens with zero attached hydrogens (tertiary/aromatic N) is 4. The summed E-state index contributed by atoms with van der Waals surface area (Å²) in [6.07, 6.45) is 4.67. The molecular formula is C19H24ClN5O2. The van der Waals surface area contributed by atoms with Crippen LogP contribution in [0, 0.1) is 13.8 Å². The normalized spacial score (nSPS) is 12.5. The van der Waals surface area contributed by atoms with Gasteiger partial charge >= 0.3 is 0 Å². The minimum Gasteiger partial charge on any atom is -0.496 e. The first-order valence-corrected chi connectivity index (χ1v) is 9.17. The molecule has 0 aliphatic rings. The van der Waals surface area contributed by atoms with Crippen LogP contribution < -0.4 is 10.5 Å². The van der Waals surface area contributed by atoms with E-state index in [2.05, 4.69) is 15.0 Å². The first-order chi connectivity index (χ1) is 12.8. The number of aliphatic hydroxyl groups excluding tert-OH is 1. The molecule has 144 valence electrons. The van der Waals surface area contributed by atoms with Crippen molar-refractivity contribution in [2.75, 3.05) is 12.8 Å². The second kappa shape index (κ2) is 7.70. The number of nitrogen functional groups attached to an aromatic ring is 1. The van der Waals surface area contributed by atoms with Gasteiger partial charge in [-0.3, -0.25) is 4.98 Å². The number of nitrogens with two attached hydrogens (primary N) is 1. The predicted octanol–water partition coefficient (Wildman–Crippen LogP) is 3.05. The van der Waals surface area contributed by atoms with E-state index in [0.717, 1.165) is 33.5 Å². The van der Waals surface area contributed by atoms with Gasteiger partial charge < -0.3 is 20.1 Å². The molecule has 3 N–H and O–H groups in total. The van der Waals surface area contributed by atoms with Crippen molar-refractivity contribution in [3.63, 3.8) is 0 Å². The van der Waals surface area contributed by atoms with Gasteiger partial charge in [-0.25, -0.2) is 4.98 Å². The summed E-state index contributed by atoms with van der Waals surface area (Å²) in [6, 6.07) is 0. The van der Waals surface area contributed by atoms with E-state index in [1.807, 2.05) is 24.6 Å². The van der Waals surface area contributed by atoms with E-state index < -0.39 is 6.10 Å². The molecule has 0 fully saturated rings. The third-order valence-electron chi connectivity index (χ3n) is 4.67. The molecule has 1 unspecified atom stereocenters. The number of rotatable bonds is 6. The number of aliphatic hydroxyl groups is 1. The Morgan fingerprint density at radius 3 is 2.74 bits per heavy atom. The van der Waals surface area contributed by atoms with Crippen molar-refractivity contribution in [3.05, 3.63) is 39.9 Å². The maximum absolute atomic E-state index is 9.65. The molecule has 0 saturated heterocycles. The molecule has 3 heterocycles. The van der Waals surface area contributed by atoms with Crippen LogP contribution in [0.2, 0.25) is 5.15 Å². The molecule has 7 nitrogen and oxygen atoms in total. The Bertz CT molecular complexity index is 984. The zero-order valence-electron chi connectivity index (χ0n) is 16.0. The molecule has 1 atom stereocenters. The lowest BCUT2D eigenvalue weighted by Crippen LogP contribution is -2.07. The highest BCUT2D eigenvalue weighted by molar-refractivity contribution is 6.34. The lowest BCUT2D eigenvalue weighted by Gasteiger charge is -2.13. The quantitative estimate of drug-likeness (QED) is 0.628. The van der Waals surface area contributed by atoms with Crippen molar-refractivity contribution >= 4 is 28.6 Å². The predicted molar refractivity (Wildman–Crippen MR) is 106 cm³/mol. The lowest BCUT2D eigenvalue weighted by molar-refractivity contribution is 0.185. The number of fused-ring (bicyclic) bond motifs is 1. The van der Waals surface area contributed by atoms with Gasteiger partial charge in [-0.15, -0.1) is 0 Å². The highest BCUT2D eigenvalue weighted by Crippen LogP contribution is 2.30. The van der Waals surface area contributed by atoms with E-state index in [0.29, 0.717) is 30.2 Å². The minimum atomic E-state index is -0.401. The van der Waals surface area contributed by atoms with E-state index in [-0.39, 0.29) is 5.95 Å². The Balaban J connectivity index is 2.09. The van der Waals surface area contributed by atoms with Gasteiger partial charge in [0.05, 0.1) is 30.8 Å². The van der Waals surface area contributed by atoms with Crippen LogP contribution in [-0.4, -0.2) is 37.8 Å². The average molecular weight is 390 g/mol. The third kappa shape index (κ3) is 3.84. The van der Waals surface area contributed by atoms with Gasteiger partial charge in [0.1, 0.15) is 16.5 Å². The maximum Gasteiger partial charge on any atom is 0.223 e. The summed E-state index contributed by atoms with van der Waals surface area (Å²) in [7, 11) is 1.66. The topological polar surface area (TPSA) is 99.1 Å². The van der Waals surface area contributed by atoms with Gasteiger partial charge in [-0.05, 0) is 39.2 Å². The molecule has 3 aromatic heterocycles. The Hall–Kier alpha value is -2.38. The number of aryl methyl sites for hydroxylation is 2. The average Bonchev–Trinajstić information content (AvgIpc) is 2.94. The van der Waals surface area contributed by atoms with E-state index in [1.165, 1.54) is 0 Å². The summed E-state index contributed by atoms with van der Waals surface area (Å²) in [6.45, 7) is 6.22. The first-order valence-electron chi connectivity index (χ1n) is 8.79. The van der Waals surface area contributed by atoms with Crippen molar-refractivity contribution in [1.82, 2.24) is 19.5 Å². The number of hydrogen-bond donors (Lipinski definition) is 2. The number of halogens is 1. The number of methoxy groups -OCH3 is 1. The third-order valence-corrected chi connectivity index (χ3v) is 4.94. The summed E-state index contributed by atoms with van der Waals surface area (Å²) < 4.78 is 7.48. The standard InChI is InChI=1S/C19H24ClN5O2/c1-10-7-22-14(12(3)16(10)27-4)9-25-8-13(6-5-11(2)26)15-17(20)23-19(21)24-18(15)25/h7-8,11,26H,5-6,9H2,1-4H3,(H2,21,23,24). The van der Waals surface area contributed by atoms with Crippen LogP contribution >= 0.6 is 11.6 Å². The SMILES string of the molecule is COc1c(C)cnc(Cn2cc(CCC(C)O)c3c(Cl)nc(N)nc32)c1C. The van der Waals surface area contributed by atoms with Gasteiger partial charge in [0.25, 0.3) is 0 Å². The molecule has 0 saturated carbocycles. The molecule has 0 spiro atoms. The molecule has 27 heavy (non-hydrogen) atoms. The highest BCUT2D eigenvalue weighted by Gasteiger charge is 2.18. The summed E-state index contributed by atoms with van der Waals surface area (Å²) in [4.78, 5) is 13.0. The number of aromatic nitrogens is 4. The van der Waals surface area contributed by atoms with Gasteiger partial charge in [-0.2, -0.15) is 4.98 Å². The number of pyridine rings is 1. The fourth-order valence-electron chi connectivity index (χ4n) is 3.30. The largest absolute Gasteiger partial charge is 0.496 e. The van der Waals surface area contributed by atoms with Gasteiger partial charge in [-0.1, -0.05) is 11.6 Å². The van der Waals surface area contributed by atoms with E-state index in [9.17, 15) is 5.11 Å². The van der Waals surface area contributed by atoms with Crippen molar-refractivity contribution in [3.8, 4) is 5.75 Å². The molecule has 0 aromatic carbocycles. The summed E-state index contributed by atoms with van der Waals surface area (Å²) >= 11 is 6.36. The monoisotopic (exact) mass is 389 g/mol. The number of anilines is 1. The molecule has 8 heteroatoms. The summed E-state index contributed by atoms with van der Waals surface area (Å²) in [5, 5.41) is 10.7. The summed E-state index contributed by atoms with van der Waals surface area (Å²) in [5.41, 5.74) is 10.3. The van der Waals surface area contributed by atoms with Crippen molar-refractivity contribution in [1.29, 1.82) is 0 Å². The van der Waals surface area contributed by atoms with Crippen LogP contribution in [0.15, 0.2) is 12.4 Å².